The van der Waals surface area contributed by atoms with E-state index in [1.807, 2.05) is 84.6 Å². The first-order chi connectivity index (χ1) is 19.5. The topological polar surface area (TPSA) is 77.0 Å². The molecule has 4 aromatic rings. The van der Waals surface area contributed by atoms with E-state index in [1.54, 1.807) is 6.92 Å². The number of nitrogens with zero attached hydrogens (tertiary/aromatic N) is 4. The maximum Gasteiger partial charge on any atom is 0.307 e. The Balaban J connectivity index is 1.57. The summed E-state index contributed by atoms with van der Waals surface area (Å²) in [5, 5.41) is 10.2. The number of aliphatic carboxylic acids is 1. The number of amides is 1. The fourth-order valence-electron chi connectivity index (χ4n) is 5.49. The molecule has 0 spiro atoms. The first kappa shape index (κ1) is 27.5. The van der Waals surface area contributed by atoms with Crippen LogP contribution in [0.1, 0.15) is 29.8 Å². The van der Waals surface area contributed by atoms with Crippen molar-refractivity contribution in [3.63, 3.8) is 0 Å². The molecule has 1 saturated heterocycles. The van der Waals surface area contributed by atoms with E-state index in [9.17, 15) is 14.7 Å². The highest BCUT2D eigenvalue weighted by molar-refractivity contribution is 6.15. The number of anilines is 1. The first-order valence-electron chi connectivity index (χ1n) is 14.0. The van der Waals surface area contributed by atoms with E-state index in [-0.39, 0.29) is 5.91 Å². The molecule has 0 radical (unpaired) electrons. The molecule has 0 aliphatic carbocycles. The number of pyridine rings is 1. The molecule has 206 valence electrons. The zero-order valence-corrected chi connectivity index (χ0v) is 23.2. The molecule has 1 fully saturated rings. The third-order valence-corrected chi connectivity index (χ3v) is 7.68. The second-order valence-electron chi connectivity index (χ2n) is 10.4. The van der Waals surface area contributed by atoms with E-state index in [0.717, 1.165) is 59.6 Å². The molecule has 3 aromatic carbocycles. The van der Waals surface area contributed by atoms with Crippen LogP contribution in [0.4, 0.5) is 5.69 Å². The lowest BCUT2D eigenvalue weighted by atomic mass is 9.94. The molecule has 1 aliphatic rings. The Hall–Kier alpha value is -4.07. The molecule has 1 N–H and O–H groups in total. The molecule has 1 aliphatic heterocycles. The Bertz CT molecular complexity index is 1470. The van der Waals surface area contributed by atoms with Gasteiger partial charge in [0, 0.05) is 68.0 Å². The maximum absolute atomic E-state index is 14.5. The smallest absolute Gasteiger partial charge is 0.307 e. The van der Waals surface area contributed by atoms with Crippen LogP contribution < -0.4 is 4.90 Å². The highest BCUT2D eigenvalue weighted by Gasteiger charge is 2.28. The lowest BCUT2D eigenvalue weighted by molar-refractivity contribution is -0.141. The van der Waals surface area contributed by atoms with Crippen LogP contribution in [0.2, 0.25) is 0 Å². The summed E-state index contributed by atoms with van der Waals surface area (Å²) in [6.45, 7) is 8.57. The van der Waals surface area contributed by atoms with Crippen LogP contribution in [0.15, 0.2) is 84.9 Å². The summed E-state index contributed by atoms with van der Waals surface area (Å²) in [5.41, 5.74) is 5.09. The summed E-state index contributed by atoms with van der Waals surface area (Å²) in [6, 6.07) is 27.8. The van der Waals surface area contributed by atoms with Crippen molar-refractivity contribution < 1.29 is 14.7 Å². The molecular weight excluding hydrogens is 500 g/mol. The summed E-state index contributed by atoms with van der Waals surface area (Å²) < 4.78 is 0. The highest BCUT2D eigenvalue weighted by atomic mass is 16.4. The number of rotatable bonds is 9. The number of piperazine rings is 1. The summed E-state index contributed by atoms with van der Waals surface area (Å²) >= 11 is 0. The minimum absolute atomic E-state index is 0.0339. The summed E-state index contributed by atoms with van der Waals surface area (Å²) in [4.78, 5) is 37.4. The second kappa shape index (κ2) is 12.4. The van der Waals surface area contributed by atoms with Gasteiger partial charge in [-0.3, -0.25) is 19.4 Å². The predicted molar refractivity (Wildman–Crippen MR) is 159 cm³/mol. The summed E-state index contributed by atoms with van der Waals surface area (Å²) in [6.07, 6.45) is 0. The van der Waals surface area contributed by atoms with Gasteiger partial charge < -0.3 is 10.0 Å². The average molecular weight is 537 g/mol. The molecule has 5 rings (SSSR count). The Morgan fingerprint density at radius 3 is 2.12 bits per heavy atom. The lowest BCUT2D eigenvalue weighted by Crippen LogP contribution is -2.48. The highest BCUT2D eigenvalue weighted by Crippen LogP contribution is 2.33. The number of carboxylic acids is 1. The summed E-state index contributed by atoms with van der Waals surface area (Å²) in [5.74, 6) is -1.20. The van der Waals surface area contributed by atoms with Crippen molar-refractivity contribution in [1.82, 2.24) is 14.8 Å². The van der Waals surface area contributed by atoms with E-state index in [1.165, 1.54) is 0 Å². The number of fused-ring (bicyclic) bond motifs is 1. The number of hydrogen-bond donors (Lipinski definition) is 1. The number of aromatic nitrogens is 1. The van der Waals surface area contributed by atoms with Crippen molar-refractivity contribution in [2.75, 3.05) is 44.2 Å². The van der Waals surface area contributed by atoms with Crippen LogP contribution in [0, 0.1) is 5.92 Å². The van der Waals surface area contributed by atoms with Gasteiger partial charge in [-0.1, -0.05) is 73.7 Å². The van der Waals surface area contributed by atoms with Crippen LogP contribution in [0.5, 0.6) is 0 Å². The predicted octanol–water partition coefficient (Wildman–Crippen LogP) is 5.41. The van der Waals surface area contributed by atoms with Gasteiger partial charge in [-0.2, -0.15) is 0 Å². The fraction of sp³-hybridized carbons (Fsp3) is 0.303. The Morgan fingerprint density at radius 2 is 1.48 bits per heavy atom. The van der Waals surface area contributed by atoms with Crippen molar-refractivity contribution in [3.8, 4) is 11.3 Å². The van der Waals surface area contributed by atoms with Gasteiger partial charge >= 0.3 is 5.97 Å². The lowest BCUT2D eigenvalue weighted by Gasteiger charge is -2.36. The van der Waals surface area contributed by atoms with Gasteiger partial charge in [0.15, 0.2) is 0 Å². The fourth-order valence-corrected chi connectivity index (χ4v) is 5.49. The molecule has 1 atom stereocenters. The zero-order chi connectivity index (χ0) is 28.1. The Labute approximate surface area is 235 Å². The SMILES string of the molecule is CCN(C(=O)c1c(CN2CCN(CC(C)C(=O)O)CC2)c(-c2ccccc2)nc2ccccc12)c1ccccc1. The Morgan fingerprint density at radius 1 is 0.875 bits per heavy atom. The molecule has 1 aromatic heterocycles. The van der Waals surface area contributed by atoms with Crippen LogP contribution in [-0.4, -0.2) is 71.0 Å². The van der Waals surface area contributed by atoms with Crippen LogP contribution in [-0.2, 0) is 11.3 Å². The monoisotopic (exact) mass is 536 g/mol. The van der Waals surface area contributed by atoms with Gasteiger partial charge in [-0.25, -0.2) is 4.98 Å². The van der Waals surface area contributed by atoms with Crippen molar-refractivity contribution in [2.24, 2.45) is 5.92 Å². The molecular formula is C33H36N4O3. The maximum atomic E-state index is 14.5. The van der Waals surface area contributed by atoms with Crippen molar-refractivity contribution in [3.05, 3.63) is 96.1 Å². The van der Waals surface area contributed by atoms with Gasteiger partial charge in [0.1, 0.15) is 0 Å². The minimum Gasteiger partial charge on any atom is -0.481 e. The van der Waals surface area contributed by atoms with Crippen LogP contribution in [0.25, 0.3) is 22.2 Å². The zero-order valence-electron chi connectivity index (χ0n) is 23.2. The van der Waals surface area contributed by atoms with Crippen LogP contribution >= 0.6 is 0 Å². The number of carboxylic acid groups (broad SMARTS) is 1. The number of para-hydroxylation sites is 2. The molecule has 7 heteroatoms. The van der Waals surface area contributed by atoms with E-state index in [4.69, 9.17) is 4.98 Å². The third kappa shape index (κ3) is 5.91. The molecule has 1 unspecified atom stereocenters. The molecule has 7 nitrogen and oxygen atoms in total. The quantitative estimate of drug-likeness (QED) is 0.308. The standard InChI is InChI=1S/C33H36N4O3/c1-3-37(26-14-8-5-9-15-26)32(38)30-27-16-10-11-17-29(27)34-31(25-12-6-4-7-13-25)28(30)23-36-20-18-35(19-21-36)22-24(2)33(39)40/h4-17,24H,3,18-23H2,1-2H3,(H,39,40). The number of benzene rings is 3. The third-order valence-electron chi connectivity index (χ3n) is 7.68. The van der Waals surface area contributed by atoms with Gasteiger partial charge in [0.25, 0.3) is 5.91 Å². The summed E-state index contributed by atoms with van der Waals surface area (Å²) in [7, 11) is 0. The number of carbonyl (C=O) groups excluding carboxylic acids is 1. The number of carbonyl (C=O) groups is 2. The van der Waals surface area contributed by atoms with Gasteiger partial charge in [-0.15, -0.1) is 0 Å². The molecule has 1 amide bonds. The van der Waals surface area contributed by atoms with Crippen LogP contribution in [0.3, 0.4) is 0 Å². The van der Waals surface area contributed by atoms with Gasteiger partial charge in [-0.05, 0) is 25.1 Å². The van der Waals surface area contributed by atoms with Crippen molar-refractivity contribution >= 4 is 28.5 Å². The molecule has 0 saturated carbocycles. The molecule has 0 bridgehead atoms. The molecule has 2 heterocycles. The van der Waals surface area contributed by atoms with Gasteiger partial charge in [0.05, 0.1) is 22.7 Å². The van der Waals surface area contributed by atoms with Crippen molar-refractivity contribution in [2.45, 2.75) is 20.4 Å². The average Bonchev–Trinajstić information content (AvgIpc) is 2.99. The van der Waals surface area contributed by atoms with Gasteiger partial charge in [0.2, 0.25) is 0 Å². The Kier molecular flexibility index (Phi) is 8.53. The van der Waals surface area contributed by atoms with Crippen molar-refractivity contribution in [1.29, 1.82) is 0 Å². The van der Waals surface area contributed by atoms with E-state index in [2.05, 4.69) is 21.9 Å². The normalized spacial score (nSPS) is 15.2. The van der Waals surface area contributed by atoms with E-state index in [0.29, 0.717) is 25.2 Å². The largest absolute Gasteiger partial charge is 0.481 e. The first-order valence-corrected chi connectivity index (χ1v) is 14.0. The minimum atomic E-state index is -0.765. The second-order valence-corrected chi connectivity index (χ2v) is 10.4. The molecule has 40 heavy (non-hydrogen) atoms. The van der Waals surface area contributed by atoms with E-state index >= 15 is 0 Å². The van der Waals surface area contributed by atoms with E-state index < -0.39 is 11.9 Å². The number of hydrogen-bond acceptors (Lipinski definition) is 5.